The lowest BCUT2D eigenvalue weighted by atomic mass is 9.92. The molecule has 1 saturated heterocycles. The van der Waals surface area contributed by atoms with Gasteiger partial charge in [0.15, 0.2) is 0 Å². The fraction of sp³-hybridized carbons (Fsp3) is 0.478. The fourth-order valence-corrected chi connectivity index (χ4v) is 5.26. The van der Waals surface area contributed by atoms with Crippen LogP contribution in [0.2, 0.25) is 0 Å². The number of allylic oxidation sites excluding steroid dienone is 4. The van der Waals surface area contributed by atoms with Crippen LogP contribution < -0.4 is 10.6 Å². The Balaban J connectivity index is 1.33. The highest BCUT2D eigenvalue weighted by molar-refractivity contribution is 14.1. The van der Waals surface area contributed by atoms with Gasteiger partial charge in [0, 0.05) is 46.9 Å². The van der Waals surface area contributed by atoms with E-state index in [4.69, 9.17) is 0 Å². The second-order valence-corrected chi connectivity index (χ2v) is 9.68. The van der Waals surface area contributed by atoms with E-state index in [1.54, 1.807) is 6.92 Å². The molecule has 1 aromatic carbocycles. The topological polar surface area (TPSA) is 61.4 Å². The smallest absolute Gasteiger partial charge is 0.227 e. The number of likely N-dealkylation sites (tertiary alicyclic amines) is 1. The van der Waals surface area contributed by atoms with E-state index in [0.717, 1.165) is 44.5 Å². The van der Waals surface area contributed by atoms with E-state index in [2.05, 4.69) is 63.3 Å². The van der Waals surface area contributed by atoms with Crippen molar-refractivity contribution in [3.8, 4) is 0 Å². The molecule has 0 bridgehead atoms. The van der Waals surface area contributed by atoms with E-state index in [9.17, 15) is 9.59 Å². The number of amides is 2. The highest BCUT2D eigenvalue weighted by Crippen LogP contribution is 2.43. The number of hydrogen-bond acceptors (Lipinski definition) is 3. The SMILES string of the molecule is CC(=O)NC1CCN(C2=CC=C3CC(C(=O)Nc4ccc(C)c(I)c4)CC3C2)C1. The zero-order chi connectivity index (χ0) is 20.5. The van der Waals surface area contributed by atoms with E-state index >= 15 is 0 Å². The van der Waals surface area contributed by atoms with Gasteiger partial charge in [0.2, 0.25) is 11.8 Å². The summed E-state index contributed by atoms with van der Waals surface area (Å²) in [6, 6.07) is 6.32. The Morgan fingerprint density at radius 1 is 1.21 bits per heavy atom. The zero-order valence-electron chi connectivity index (χ0n) is 17.0. The first-order valence-corrected chi connectivity index (χ1v) is 11.5. The molecule has 1 aromatic rings. The Bertz CT molecular complexity index is 892. The third kappa shape index (κ3) is 4.68. The Kier molecular flexibility index (Phi) is 5.99. The van der Waals surface area contributed by atoms with Crippen LogP contribution in [-0.4, -0.2) is 35.8 Å². The van der Waals surface area contributed by atoms with E-state index in [0.29, 0.717) is 5.92 Å². The first-order valence-electron chi connectivity index (χ1n) is 10.4. The molecule has 5 nitrogen and oxygen atoms in total. The summed E-state index contributed by atoms with van der Waals surface area (Å²) >= 11 is 2.30. The van der Waals surface area contributed by atoms with Crippen LogP contribution in [0.1, 0.15) is 38.2 Å². The minimum Gasteiger partial charge on any atom is -0.373 e. The number of benzene rings is 1. The van der Waals surface area contributed by atoms with Gasteiger partial charge >= 0.3 is 0 Å². The van der Waals surface area contributed by atoms with Crippen molar-refractivity contribution in [2.45, 2.75) is 45.6 Å². The minimum atomic E-state index is 0.0451. The maximum Gasteiger partial charge on any atom is 0.227 e. The van der Waals surface area contributed by atoms with Crippen molar-refractivity contribution in [1.82, 2.24) is 10.2 Å². The second-order valence-electron chi connectivity index (χ2n) is 8.52. The van der Waals surface area contributed by atoms with Crippen molar-refractivity contribution in [3.05, 3.63) is 50.8 Å². The summed E-state index contributed by atoms with van der Waals surface area (Å²) in [4.78, 5) is 26.5. The van der Waals surface area contributed by atoms with Gasteiger partial charge in [0.1, 0.15) is 0 Å². The third-order valence-corrected chi connectivity index (χ3v) is 7.50. The van der Waals surface area contributed by atoms with Gasteiger partial charge in [-0.3, -0.25) is 9.59 Å². The van der Waals surface area contributed by atoms with Crippen LogP contribution in [0.5, 0.6) is 0 Å². The highest BCUT2D eigenvalue weighted by Gasteiger charge is 2.36. The summed E-state index contributed by atoms with van der Waals surface area (Å²) in [6.45, 7) is 5.53. The van der Waals surface area contributed by atoms with Crippen LogP contribution in [0.4, 0.5) is 5.69 Å². The molecular weight excluding hydrogens is 477 g/mol. The minimum absolute atomic E-state index is 0.0451. The van der Waals surface area contributed by atoms with Crippen LogP contribution in [-0.2, 0) is 9.59 Å². The Labute approximate surface area is 186 Å². The van der Waals surface area contributed by atoms with Crippen LogP contribution in [0.15, 0.2) is 41.6 Å². The fourth-order valence-electron chi connectivity index (χ4n) is 4.75. The van der Waals surface area contributed by atoms with E-state index in [-0.39, 0.29) is 23.8 Å². The largest absolute Gasteiger partial charge is 0.373 e. The molecule has 154 valence electrons. The molecule has 0 spiro atoms. The molecule has 3 unspecified atom stereocenters. The number of aryl methyl sites for hydroxylation is 1. The Morgan fingerprint density at radius 3 is 2.79 bits per heavy atom. The average molecular weight is 505 g/mol. The van der Waals surface area contributed by atoms with Crippen LogP contribution in [0.3, 0.4) is 0 Å². The van der Waals surface area contributed by atoms with Gasteiger partial charge < -0.3 is 15.5 Å². The average Bonchev–Trinajstić information content (AvgIpc) is 3.30. The summed E-state index contributed by atoms with van der Waals surface area (Å²) in [7, 11) is 0. The van der Waals surface area contributed by atoms with E-state index in [1.165, 1.54) is 20.4 Å². The lowest BCUT2D eigenvalue weighted by molar-refractivity contribution is -0.120. The molecule has 2 fully saturated rings. The molecule has 0 radical (unpaired) electrons. The number of hydrogen-bond donors (Lipinski definition) is 2. The quantitative estimate of drug-likeness (QED) is 0.609. The number of nitrogens with one attached hydrogen (secondary N) is 2. The van der Waals surface area contributed by atoms with Crippen LogP contribution in [0, 0.1) is 22.3 Å². The molecule has 1 saturated carbocycles. The van der Waals surface area contributed by atoms with Crippen molar-refractivity contribution in [3.63, 3.8) is 0 Å². The number of fused-ring (bicyclic) bond motifs is 1. The molecule has 3 atom stereocenters. The zero-order valence-corrected chi connectivity index (χ0v) is 19.2. The predicted molar refractivity (Wildman–Crippen MR) is 123 cm³/mol. The first-order chi connectivity index (χ1) is 13.9. The Hall–Kier alpha value is -1.83. The molecule has 1 heterocycles. The van der Waals surface area contributed by atoms with Crippen LogP contribution in [0.25, 0.3) is 0 Å². The van der Waals surface area contributed by atoms with Gasteiger partial charge in [0.05, 0.1) is 0 Å². The predicted octanol–water partition coefficient (Wildman–Crippen LogP) is 3.99. The lowest BCUT2D eigenvalue weighted by Crippen LogP contribution is -2.35. The van der Waals surface area contributed by atoms with Crippen LogP contribution >= 0.6 is 22.6 Å². The van der Waals surface area contributed by atoms with Gasteiger partial charge in [-0.05, 0) is 84.9 Å². The van der Waals surface area contributed by atoms with Crippen molar-refractivity contribution in [2.75, 3.05) is 18.4 Å². The van der Waals surface area contributed by atoms with Gasteiger partial charge in [0.25, 0.3) is 0 Å². The summed E-state index contributed by atoms with van der Waals surface area (Å²) in [5.74, 6) is 0.686. The van der Waals surface area contributed by atoms with E-state index < -0.39 is 0 Å². The molecule has 6 heteroatoms. The molecule has 29 heavy (non-hydrogen) atoms. The standard InChI is InChI=1S/C23H28IN3O2/c1-14-3-5-19(12-22(14)24)26-23(29)18-9-16-4-6-21(11-17(16)10-18)27-8-7-20(13-27)25-15(2)28/h3-6,12,17-18,20H,7-11,13H2,1-2H3,(H,25,28)(H,26,29). The van der Waals surface area contributed by atoms with Gasteiger partial charge in [-0.15, -0.1) is 0 Å². The molecule has 3 aliphatic rings. The Morgan fingerprint density at radius 2 is 2.03 bits per heavy atom. The maximum absolute atomic E-state index is 12.8. The molecule has 1 aliphatic heterocycles. The number of nitrogens with zero attached hydrogens (tertiary/aromatic N) is 1. The summed E-state index contributed by atoms with van der Waals surface area (Å²) in [6.07, 6.45) is 8.24. The van der Waals surface area contributed by atoms with Gasteiger partial charge in [-0.2, -0.15) is 0 Å². The summed E-state index contributed by atoms with van der Waals surface area (Å²) in [5, 5.41) is 6.15. The molecule has 4 rings (SSSR count). The number of carbonyl (C=O) groups is 2. The normalized spacial score (nSPS) is 25.9. The maximum atomic E-state index is 12.8. The number of rotatable bonds is 4. The molecule has 2 aliphatic carbocycles. The molecule has 2 N–H and O–H groups in total. The monoisotopic (exact) mass is 505 g/mol. The number of anilines is 1. The van der Waals surface area contributed by atoms with Crippen molar-refractivity contribution in [1.29, 1.82) is 0 Å². The first kappa shape index (κ1) is 20.4. The van der Waals surface area contributed by atoms with Crippen molar-refractivity contribution >= 4 is 40.1 Å². The second kappa shape index (κ2) is 8.50. The third-order valence-electron chi connectivity index (χ3n) is 6.33. The summed E-state index contributed by atoms with van der Waals surface area (Å²) < 4.78 is 1.17. The molecular formula is C23H28IN3O2. The van der Waals surface area contributed by atoms with Crippen molar-refractivity contribution in [2.24, 2.45) is 11.8 Å². The number of carbonyl (C=O) groups excluding carboxylic acids is 2. The number of halogens is 1. The lowest BCUT2D eigenvalue weighted by Gasteiger charge is -2.27. The van der Waals surface area contributed by atoms with Crippen molar-refractivity contribution < 1.29 is 9.59 Å². The van der Waals surface area contributed by atoms with Gasteiger partial charge in [-0.25, -0.2) is 0 Å². The molecule has 0 aromatic heterocycles. The van der Waals surface area contributed by atoms with Gasteiger partial charge in [-0.1, -0.05) is 17.7 Å². The highest BCUT2D eigenvalue weighted by atomic mass is 127. The summed E-state index contributed by atoms with van der Waals surface area (Å²) in [5.41, 5.74) is 4.86. The molecule has 2 amide bonds. The van der Waals surface area contributed by atoms with E-state index in [1.807, 2.05) is 12.1 Å².